The van der Waals surface area contributed by atoms with E-state index in [0.29, 0.717) is 30.5 Å². The fourth-order valence-electron chi connectivity index (χ4n) is 6.32. The molecule has 1 heterocycles. The number of sulfonamides is 1. The van der Waals surface area contributed by atoms with Gasteiger partial charge in [-0.3, -0.25) is 13.9 Å². The summed E-state index contributed by atoms with van der Waals surface area (Å²) >= 11 is 0. The fourth-order valence-corrected chi connectivity index (χ4v) is 7.75. The molecule has 1 fully saturated rings. The molecule has 256 valence electrons. The minimum atomic E-state index is -4.25. The summed E-state index contributed by atoms with van der Waals surface area (Å²) < 4.78 is 46.6. The van der Waals surface area contributed by atoms with Gasteiger partial charge in [0.25, 0.3) is 10.0 Å². The number of ether oxygens (including phenoxy) is 3. The first kappa shape index (κ1) is 33.9. The van der Waals surface area contributed by atoms with E-state index in [9.17, 15) is 18.0 Å². The summed E-state index contributed by atoms with van der Waals surface area (Å²) in [4.78, 5) is 30.5. The Labute approximate surface area is 287 Å². The molecule has 4 aromatic carbocycles. The predicted octanol–water partition coefficient (Wildman–Crippen LogP) is 5.36. The zero-order chi connectivity index (χ0) is 34.2. The van der Waals surface area contributed by atoms with Crippen LogP contribution in [0.1, 0.15) is 36.8 Å². The molecule has 1 aliphatic carbocycles. The van der Waals surface area contributed by atoms with Gasteiger partial charge in [0.2, 0.25) is 11.8 Å². The normalized spacial score (nSPS) is 14.9. The van der Waals surface area contributed by atoms with E-state index in [0.717, 1.165) is 41.1 Å². The maximum absolute atomic E-state index is 14.8. The van der Waals surface area contributed by atoms with Crippen LogP contribution in [0.4, 0.5) is 5.69 Å². The lowest BCUT2D eigenvalue weighted by Crippen LogP contribution is -2.54. The van der Waals surface area contributed by atoms with Crippen molar-refractivity contribution in [3.05, 3.63) is 114 Å². The van der Waals surface area contributed by atoms with Gasteiger partial charge in [0.15, 0.2) is 11.5 Å². The quantitative estimate of drug-likeness (QED) is 0.202. The molecule has 0 saturated heterocycles. The molecule has 2 aliphatic rings. The number of hydrogen-bond donors (Lipinski definition) is 1. The standard InChI is InChI=1S/C38H41N3O7S/c1-46-32-16-10-13-29(23-32)26-40(34(24-28-11-4-2-5-12-28)38(43)39-30-14-8-9-15-30)37(42)27-41(49(44,45)33-17-6-3-7-18-33)31-19-20-35-36(25-31)48-22-21-47-35/h2-7,10-13,16-20,23,25,30,34H,8-9,14-15,21-22,24,26-27H2,1H3,(H,39,43). The second kappa shape index (κ2) is 15.5. The Morgan fingerprint density at radius 1 is 0.837 bits per heavy atom. The minimum absolute atomic E-state index is 0.0206. The number of fused-ring (bicyclic) bond motifs is 1. The van der Waals surface area contributed by atoms with E-state index in [4.69, 9.17) is 14.2 Å². The number of carbonyl (C=O) groups is 2. The average molecular weight is 684 g/mol. The molecule has 0 radical (unpaired) electrons. The molecule has 2 amide bonds. The third-order valence-corrected chi connectivity index (χ3v) is 10.7. The number of rotatable bonds is 13. The lowest BCUT2D eigenvalue weighted by molar-refractivity contribution is -0.140. The minimum Gasteiger partial charge on any atom is -0.497 e. The summed E-state index contributed by atoms with van der Waals surface area (Å²) in [5.74, 6) is 0.660. The summed E-state index contributed by atoms with van der Waals surface area (Å²) in [7, 11) is -2.68. The third-order valence-electron chi connectivity index (χ3n) is 8.88. The number of benzene rings is 4. The van der Waals surface area contributed by atoms with Crippen LogP contribution in [0, 0.1) is 0 Å². The monoisotopic (exact) mass is 683 g/mol. The van der Waals surface area contributed by atoms with E-state index in [1.165, 1.54) is 17.0 Å². The van der Waals surface area contributed by atoms with Gasteiger partial charge >= 0.3 is 0 Å². The second-order valence-electron chi connectivity index (χ2n) is 12.2. The largest absolute Gasteiger partial charge is 0.497 e. The van der Waals surface area contributed by atoms with Crippen LogP contribution >= 0.6 is 0 Å². The van der Waals surface area contributed by atoms with Crippen LogP contribution in [-0.4, -0.2) is 64.1 Å². The van der Waals surface area contributed by atoms with Gasteiger partial charge in [-0.1, -0.05) is 73.5 Å². The Bertz CT molecular complexity index is 1850. The highest BCUT2D eigenvalue weighted by Gasteiger charge is 2.36. The SMILES string of the molecule is COc1cccc(CN(C(=O)CN(c2ccc3c(c2)OCCO3)S(=O)(=O)c2ccccc2)C(Cc2ccccc2)C(=O)NC2CCCC2)c1. The predicted molar refractivity (Wildman–Crippen MR) is 186 cm³/mol. The van der Waals surface area contributed by atoms with Crippen molar-refractivity contribution < 1.29 is 32.2 Å². The van der Waals surface area contributed by atoms with Crippen molar-refractivity contribution in [3.8, 4) is 17.2 Å². The van der Waals surface area contributed by atoms with Crippen molar-refractivity contribution >= 4 is 27.5 Å². The van der Waals surface area contributed by atoms with Crippen LogP contribution in [-0.2, 0) is 32.6 Å². The summed E-state index contributed by atoms with van der Waals surface area (Å²) in [6.45, 7) is 0.170. The van der Waals surface area contributed by atoms with E-state index in [1.54, 1.807) is 49.6 Å². The number of methoxy groups -OCH3 is 1. The Morgan fingerprint density at radius 2 is 1.51 bits per heavy atom. The lowest BCUT2D eigenvalue weighted by atomic mass is 10.0. The molecule has 49 heavy (non-hydrogen) atoms. The first-order chi connectivity index (χ1) is 23.8. The summed E-state index contributed by atoms with van der Waals surface area (Å²) in [6.07, 6.45) is 4.05. The molecule has 0 aromatic heterocycles. The molecular weight excluding hydrogens is 642 g/mol. The Balaban J connectivity index is 1.41. The molecule has 0 spiro atoms. The zero-order valence-electron chi connectivity index (χ0n) is 27.5. The number of nitrogens with one attached hydrogen (secondary N) is 1. The van der Waals surface area contributed by atoms with Gasteiger partial charge in [-0.15, -0.1) is 0 Å². The Kier molecular flexibility index (Phi) is 10.7. The van der Waals surface area contributed by atoms with E-state index < -0.39 is 28.5 Å². The zero-order valence-corrected chi connectivity index (χ0v) is 28.3. The summed E-state index contributed by atoms with van der Waals surface area (Å²) in [5.41, 5.74) is 1.84. The highest BCUT2D eigenvalue weighted by molar-refractivity contribution is 7.92. The van der Waals surface area contributed by atoms with Crippen LogP contribution in [0.25, 0.3) is 0 Å². The van der Waals surface area contributed by atoms with Crippen LogP contribution in [0.2, 0.25) is 0 Å². The third kappa shape index (κ3) is 8.17. The van der Waals surface area contributed by atoms with Crippen molar-refractivity contribution in [2.45, 2.75) is 55.6 Å². The Morgan fingerprint density at radius 3 is 2.22 bits per heavy atom. The van der Waals surface area contributed by atoms with Crippen LogP contribution in [0.5, 0.6) is 17.2 Å². The first-order valence-electron chi connectivity index (χ1n) is 16.6. The molecular formula is C38H41N3O7S. The van der Waals surface area contributed by atoms with Gasteiger partial charge in [0, 0.05) is 25.1 Å². The van der Waals surface area contributed by atoms with Crippen molar-refractivity contribution in [2.75, 3.05) is 31.2 Å². The molecule has 6 rings (SSSR count). The number of amides is 2. The molecule has 1 aliphatic heterocycles. The Hall–Kier alpha value is -5.03. The van der Waals surface area contributed by atoms with Gasteiger partial charge in [0.1, 0.15) is 31.5 Å². The molecule has 10 nitrogen and oxygen atoms in total. The molecule has 0 bridgehead atoms. The number of anilines is 1. The average Bonchev–Trinajstić information content (AvgIpc) is 3.65. The van der Waals surface area contributed by atoms with E-state index in [2.05, 4.69) is 5.32 Å². The number of carbonyl (C=O) groups excluding carboxylic acids is 2. The van der Waals surface area contributed by atoms with E-state index in [-0.39, 0.29) is 35.5 Å². The highest BCUT2D eigenvalue weighted by Crippen LogP contribution is 2.36. The van der Waals surface area contributed by atoms with Crippen LogP contribution in [0.3, 0.4) is 0 Å². The van der Waals surface area contributed by atoms with Crippen molar-refractivity contribution in [1.82, 2.24) is 10.2 Å². The molecule has 1 saturated carbocycles. The van der Waals surface area contributed by atoms with Crippen molar-refractivity contribution in [3.63, 3.8) is 0 Å². The number of hydrogen-bond acceptors (Lipinski definition) is 7. The smallest absolute Gasteiger partial charge is 0.264 e. The first-order valence-corrected chi connectivity index (χ1v) is 18.0. The highest BCUT2D eigenvalue weighted by atomic mass is 32.2. The maximum atomic E-state index is 14.8. The molecule has 1 N–H and O–H groups in total. The van der Waals surface area contributed by atoms with Gasteiger partial charge in [0.05, 0.1) is 17.7 Å². The maximum Gasteiger partial charge on any atom is 0.264 e. The molecule has 11 heteroatoms. The van der Waals surface area contributed by atoms with Crippen LogP contribution < -0.4 is 23.8 Å². The molecule has 4 aromatic rings. The molecule has 1 unspecified atom stereocenters. The summed E-state index contributed by atoms with van der Waals surface area (Å²) in [5, 5.41) is 3.20. The van der Waals surface area contributed by atoms with E-state index in [1.807, 2.05) is 48.5 Å². The van der Waals surface area contributed by atoms with Crippen molar-refractivity contribution in [1.29, 1.82) is 0 Å². The van der Waals surface area contributed by atoms with Gasteiger partial charge < -0.3 is 24.4 Å². The topological polar surface area (TPSA) is 114 Å². The fraction of sp³-hybridized carbons (Fsp3) is 0.316. The van der Waals surface area contributed by atoms with Gasteiger partial charge in [-0.05, 0) is 60.4 Å². The second-order valence-corrected chi connectivity index (χ2v) is 14.1. The van der Waals surface area contributed by atoms with Gasteiger partial charge in [-0.2, -0.15) is 0 Å². The lowest BCUT2D eigenvalue weighted by Gasteiger charge is -2.34. The molecule has 1 atom stereocenters. The summed E-state index contributed by atoms with van der Waals surface area (Å²) in [6, 6.07) is 28.7. The van der Waals surface area contributed by atoms with E-state index >= 15 is 0 Å². The van der Waals surface area contributed by atoms with Crippen molar-refractivity contribution in [2.24, 2.45) is 0 Å². The van der Waals surface area contributed by atoms with Gasteiger partial charge in [-0.25, -0.2) is 8.42 Å². The van der Waals surface area contributed by atoms with Crippen LogP contribution in [0.15, 0.2) is 108 Å². The number of nitrogens with zero attached hydrogens (tertiary/aromatic N) is 2.